The van der Waals surface area contributed by atoms with E-state index in [4.69, 9.17) is 27.9 Å². The van der Waals surface area contributed by atoms with Crippen molar-refractivity contribution in [3.8, 4) is 5.75 Å². The number of rotatable bonds is 7. The molecule has 0 bridgehead atoms. The zero-order chi connectivity index (χ0) is 15.0. The minimum absolute atomic E-state index is 0.0121. The van der Waals surface area contributed by atoms with Crippen LogP contribution in [0, 0.1) is 0 Å². The first kappa shape index (κ1) is 16.6. The molecule has 1 atom stereocenters. The van der Waals surface area contributed by atoms with Crippen LogP contribution < -0.4 is 15.4 Å². The summed E-state index contributed by atoms with van der Waals surface area (Å²) in [7, 11) is 0. The van der Waals surface area contributed by atoms with Crippen molar-refractivity contribution in [2.24, 2.45) is 0 Å². The topological polar surface area (TPSA) is 70.6 Å². The predicted octanol–water partition coefficient (Wildman–Crippen LogP) is 2.22. The summed E-state index contributed by atoms with van der Waals surface area (Å²) in [5, 5.41) is 15.4. The number of halogens is 2. The molecule has 0 aliphatic carbocycles. The van der Waals surface area contributed by atoms with Crippen molar-refractivity contribution in [3.05, 3.63) is 40.9 Å². The van der Waals surface area contributed by atoms with E-state index in [-0.39, 0.29) is 24.2 Å². The minimum atomic E-state index is -0.862. The molecular weight excluding hydrogens is 303 g/mol. The Kier molecular flexibility index (Phi) is 7.22. The van der Waals surface area contributed by atoms with Crippen LogP contribution in [0.1, 0.15) is 0 Å². The first-order chi connectivity index (χ1) is 9.54. The standard InChI is InChI=1S/C13H16Cl2N2O3/c1-2-6-16-13(19)17-7-9(18)8-20-11-5-3-4-10(14)12(11)15/h2-5,9,18H,1,6-8H2,(H2,16,17,19)/t9-/m1/s1. The highest BCUT2D eigenvalue weighted by Crippen LogP contribution is 2.31. The van der Waals surface area contributed by atoms with Crippen molar-refractivity contribution in [2.45, 2.75) is 6.10 Å². The molecule has 3 N–H and O–H groups in total. The molecule has 110 valence electrons. The highest BCUT2D eigenvalue weighted by atomic mass is 35.5. The van der Waals surface area contributed by atoms with Gasteiger partial charge in [-0.05, 0) is 12.1 Å². The lowest BCUT2D eigenvalue weighted by Crippen LogP contribution is -2.41. The fourth-order valence-corrected chi connectivity index (χ4v) is 1.62. The molecule has 0 spiro atoms. The number of urea groups is 1. The smallest absolute Gasteiger partial charge is 0.315 e. The van der Waals surface area contributed by atoms with E-state index in [1.807, 2.05) is 0 Å². The van der Waals surface area contributed by atoms with E-state index < -0.39 is 6.10 Å². The Morgan fingerprint density at radius 2 is 2.20 bits per heavy atom. The number of benzene rings is 1. The molecule has 1 rings (SSSR count). The maximum atomic E-state index is 11.2. The quantitative estimate of drug-likeness (QED) is 0.675. The van der Waals surface area contributed by atoms with Crippen molar-refractivity contribution < 1.29 is 14.6 Å². The van der Waals surface area contributed by atoms with E-state index in [0.717, 1.165) is 0 Å². The number of ether oxygens (including phenoxy) is 1. The highest BCUT2D eigenvalue weighted by molar-refractivity contribution is 6.42. The van der Waals surface area contributed by atoms with Gasteiger partial charge in [-0.1, -0.05) is 35.3 Å². The molecule has 0 unspecified atom stereocenters. The normalized spacial score (nSPS) is 11.6. The van der Waals surface area contributed by atoms with Crippen LogP contribution in [0.5, 0.6) is 5.75 Å². The summed E-state index contributed by atoms with van der Waals surface area (Å²) in [4.78, 5) is 11.2. The molecular formula is C13H16Cl2N2O3. The van der Waals surface area contributed by atoms with Gasteiger partial charge in [0.2, 0.25) is 0 Å². The summed E-state index contributed by atoms with van der Waals surface area (Å²) in [5.74, 6) is 0.384. The number of hydrogen-bond donors (Lipinski definition) is 3. The van der Waals surface area contributed by atoms with Crippen molar-refractivity contribution >= 4 is 29.2 Å². The van der Waals surface area contributed by atoms with E-state index in [0.29, 0.717) is 17.3 Å². The first-order valence-electron chi connectivity index (χ1n) is 5.92. The average Bonchev–Trinajstić information content (AvgIpc) is 2.44. The SMILES string of the molecule is C=CCNC(=O)NC[C@@H](O)COc1cccc(Cl)c1Cl. The van der Waals surface area contributed by atoms with E-state index in [1.54, 1.807) is 24.3 Å². The van der Waals surface area contributed by atoms with Gasteiger partial charge < -0.3 is 20.5 Å². The van der Waals surface area contributed by atoms with Gasteiger partial charge in [-0.2, -0.15) is 0 Å². The molecule has 1 aromatic carbocycles. The summed E-state index contributed by atoms with van der Waals surface area (Å²) in [6.07, 6.45) is 0.694. The monoisotopic (exact) mass is 318 g/mol. The number of aliphatic hydroxyl groups excluding tert-OH is 1. The summed E-state index contributed by atoms with van der Waals surface area (Å²) >= 11 is 11.8. The molecule has 2 amide bonds. The third-order valence-corrected chi connectivity index (χ3v) is 3.05. The molecule has 0 radical (unpaired) electrons. The molecule has 0 heterocycles. The fourth-order valence-electron chi connectivity index (χ4n) is 1.28. The molecule has 0 saturated heterocycles. The van der Waals surface area contributed by atoms with Crippen molar-refractivity contribution in [1.29, 1.82) is 0 Å². The second kappa shape index (κ2) is 8.68. The maximum absolute atomic E-state index is 11.2. The van der Waals surface area contributed by atoms with Crippen LogP contribution in [-0.4, -0.2) is 36.9 Å². The molecule has 7 heteroatoms. The van der Waals surface area contributed by atoms with Crippen molar-refractivity contribution in [2.75, 3.05) is 19.7 Å². The van der Waals surface area contributed by atoms with Gasteiger partial charge in [-0.25, -0.2) is 4.79 Å². The van der Waals surface area contributed by atoms with Crippen LogP contribution in [0.15, 0.2) is 30.9 Å². The molecule has 20 heavy (non-hydrogen) atoms. The number of aliphatic hydroxyl groups is 1. The Hall–Kier alpha value is -1.43. The molecule has 0 aliphatic rings. The van der Waals surface area contributed by atoms with Crippen molar-refractivity contribution in [1.82, 2.24) is 10.6 Å². The molecule has 5 nitrogen and oxygen atoms in total. The Balaban J connectivity index is 2.32. The Bertz CT molecular complexity index is 469. The van der Waals surface area contributed by atoms with Crippen molar-refractivity contribution in [3.63, 3.8) is 0 Å². The van der Waals surface area contributed by atoms with E-state index in [2.05, 4.69) is 17.2 Å². The third kappa shape index (κ3) is 5.69. The Morgan fingerprint density at radius 3 is 2.90 bits per heavy atom. The van der Waals surface area contributed by atoms with Gasteiger partial charge >= 0.3 is 6.03 Å². The minimum Gasteiger partial charge on any atom is -0.489 e. The van der Waals surface area contributed by atoms with Crippen LogP contribution in [0.4, 0.5) is 4.79 Å². The lowest BCUT2D eigenvalue weighted by molar-refractivity contribution is 0.108. The number of carbonyl (C=O) groups is 1. The summed E-state index contributed by atoms with van der Waals surface area (Å²) in [6.45, 7) is 3.87. The van der Waals surface area contributed by atoms with E-state index >= 15 is 0 Å². The van der Waals surface area contributed by atoms with E-state index in [1.165, 1.54) is 0 Å². The van der Waals surface area contributed by atoms with Gasteiger partial charge in [-0.3, -0.25) is 0 Å². The van der Waals surface area contributed by atoms with E-state index in [9.17, 15) is 9.90 Å². The largest absolute Gasteiger partial charge is 0.489 e. The van der Waals surface area contributed by atoms with Gasteiger partial charge in [0.05, 0.1) is 5.02 Å². The summed E-state index contributed by atoms with van der Waals surface area (Å²) < 4.78 is 5.34. The first-order valence-corrected chi connectivity index (χ1v) is 6.67. The number of hydrogen-bond acceptors (Lipinski definition) is 3. The van der Waals surface area contributed by atoms with Gasteiger partial charge in [0.1, 0.15) is 23.5 Å². The molecule has 0 aliphatic heterocycles. The third-order valence-electron chi connectivity index (χ3n) is 2.25. The second-order valence-corrected chi connectivity index (χ2v) is 4.68. The second-order valence-electron chi connectivity index (χ2n) is 3.90. The van der Waals surface area contributed by atoms with Crippen LogP contribution in [0.25, 0.3) is 0 Å². The zero-order valence-electron chi connectivity index (χ0n) is 10.7. The fraction of sp³-hybridized carbons (Fsp3) is 0.308. The Morgan fingerprint density at radius 1 is 1.45 bits per heavy atom. The lowest BCUT2D eigenvalue weighted by atomic mass is 10.3. The number of carbonyl (C=O) groups excluding carboxylic acids is 1. The molecule has 1 aromatic rings. The lowest BCUT2D eigenvalue weighted by Gasteiger charge is -2.14. The van der Waals surface area contributed by atoms with Crippen LogP contribution in [0.3, 0.4) is 0 Å². The average molecular weight is 319 g/mol. The van der Waals surface area contributed by atoms with Gasteiger partial charge in [0.15, 0.2) is 0 Å². The highest BCUT2D eigenvalue weighted by Gasteiger charge is 2.10. The van der Waals surface area contributed by atoms with Gasteiger partial charge in [0, 0.05) is 13.1 Å². The molecule has 0 saturated carbocycles. The molecule has 0 aromatic heterocycles. The predicted molar refractivity (Wildman–Crippen MR) is 79.6 cm³/mol. The Labute approximate surface area is 127 Å². The number of amides is 2. The number of nitrogens with one attached hydrogen (secondary N) is 2. The van der Waals surface area contributed by atoms with Crippen LogP contribution in [0.2, 0.25) is 10.0 Å². The molecule has 0 fully saturated rings. The van der Waals surface area contributed by atoms with Crippen LogP contribution >= 0.6 is 23.2 Å². The summed E-state index contributed by atoms with van der Waals surface area (Å²) in [6, 6.07) is 4.59. The van der Waals surface area contributed by atoms with Gasteiger partial charge in [0.25, 0.3) is 0 Å². The van der Waals surface area contributed by atoms with Gasteiger partial charge in [-0.15, -0.1) is 6.58 Å². The summed E-state index contributed by atoms with van der Waals surface area (Å²) in [5.41, 5.74) is 0. The zero-order valence-corrected chi connectivity index (χ0v) is 12.2. The maximum Gasteiger partial charge on any atom is 0.315 e. The van der Waals surface area contributed by atoms with Crippen LogP contribution in [-0.2, 0) is 0 Å².